The van der Waals surface area contributed by atoms with Crippen LogP contribution in [-0.4, -0.2) is 37.4 Å². The minimum atomic E-state index is -0.295. The summed E-state index contributed by atoms with van der Waals surface area (Å²) in [6, 6.07) is 13.5. The first-order valence-corrected chi connectivity index (χ1v) is 10.6. The Hall–Kier alpha value is -1.99. The number of ether oxygens (including phenoxy) is 2. The third kappa shape index (κ3) is 3.84. The number of nitrogens with zero attached hydrogens (tertiary/aromatic N) is 1. The van der Waals surface area contributed by atoms with Crippen LogP contribution >= 0.6 is 27.7 Å². The van der Waals surface area contributed by atoms with Gasteiger partial charge in [0.1, 0.15) is 17.6 Å². The van der Waals surface area contributed by atoms with Crippen LogP contribution in [0.1, 0.15) is 16.4 Å². The molecule has 2 aliphatic heterocycles. The molecule has 0 N–H and O–H groups in total. The van der Waals surface area contributed by atoms with Gasteiger partial charge in [-0.25, -0.2) is 0 Å². The van der Waals surface area contributed by atoms with E-state index in [0.717, 1.165) is 22.2 Å². The molecule has 2 aromatic rings. The van der Waals surface area contributed by atoms with Gasteiger partial charge in [-0.2, -0.15) is 0 Å². The van der Waals surface area contributed by atoms with Gasteiger partial charge in [0, 0.05) is 4.47 Å². The van der Waals surface area contributed by atoms with Gasteiger partial charge in [0.15, 0.2) is 6.61 Å². The molecule has 2 aromatic carbocycles. The minimum Gasteiger partial charge on any atom is -0.482 e. The van der Waals surface area contributed by atoms with E-state index in [0.29, 0.717) is 18.0 Å². The molecule has 0 bridgehead atoms. The maximum atomic E-state index is 12.6. The third-order valence-corrected chi connectivity index (χ3v) is 6.34. The van der Waals surface area contributed by atoms with Crippen LogP contribution in [0.25, 0.3) is 0 Å². The van der Waals surface area contributed by atoms with E-state index >= 15 is 0 Å². The molecule has 4 rings (SSSR count). The van der Waals surface area contributed by atoms with Gasteiger partial charge in [0.25, 0.3) is 5.91 Å². The van der Waals surface area contributed by atoms with Crippen molar-refractivity contribution in [2.75, 3.05) is 30.4 Å². The molecule has 27 heavy (non-hydrogen) atoms. The van der Waals surface area contributed by atoms with Crippen molar-refractivity contribution in [3.63, 3.8) is 0 Å². The molecule has 0 aliphatic carbocycles. The van der Waals surface area contributed by atoms with Crippen molar-refractivity contribution in [1.29, 1.82) is 0 Å². The van der Waals surface area contributed by atoms with Crippen LogP contribution in [0.4, 0.5) is 5.69 Å². The standard InChI is InChI=1S/C20H18BrNO4S/c21-14-5-6-17-16(11-14)22(18(23)12-26-17)8-9-25-20(24)19-15-4-2-1-3-13(15)7-10-27-19/h1-6,11,19H,7-10,12H2/t19-/m1/s1. The van der Waals surface area contributed by atoms with E-state index in [9.17, 15) is 9.59 Å². The summed E-state index contributed by atoms with van der Waals surface area (Å²) >= 11 is 5.02. The number of hydrogen-bond donors (Lipinski definition) is 0. The Morgan fingerprint density at radius 1 is 1.30 bits per heavy atom. The number of benzene rings is 2. The molecule has 1 amide bonds. The van der Waals surface area contributed by atoms with Gasteiger partial charge < -0.3 is 14.4 Å². The Labute approximate surface area is 170 Å². The monoisotopic (exact) mass is 447 g/mol. The number of fused-ring (bicyclic) bond motifs is 2. The number of esters is 1. The number of amides is 1. The van der Waals surface area contributed by atoms with E-state index in [-0.39, 0.29) is 30.3 Å². The Balaban J connectivity index is 1.41. The first-order valence-electron chi connectivity index (χ1n) is 8.72. The second kappa shape index (κ2) is 7.94. The second-order valence-corrected chi connectivity index (χ2v) is 8.44. The third-order valence-electron chi connectivity index (χ3n) is 4.63. The highest BCUT2D eigenvalue weighted by atomic mass is 79.9. The molecule has 0 spiro atoms. The highest BCUT2D eigenvalue weighted by Crippen LogP contribution is 2.38. The lowest BCUT2D eigenvalue weighted by atomic mass is 10.0. The quantitative estimate of drug-likeness (QED) is 0.667. The summed E-state index contributed by atoms with van der Waals surface area (Å²) in [5, 5.41) is -0.295. The van der Waals surface area contributed by atoms with Crippen LogP contribution in [0.15, 0.2) is 46.9 Å². The van der Waals surface area contributed by atoms with Crippen LogP contribution in [0.2, 0.25) is 0 Å². The lowest BCUT2D eigenvalue weighted by Gasteiger charge is -2.29. The molecule has 0 unspecified atom stereocenters. The topological polar surface area (TPSA) is 55.8 Å². The van der Waals surface area contributed by atoms with E-state index in [1.165, 1.54) is 5.56 Å². The average Bonchev–Trinajstić information content (AvgIpc) is 2.69. The van der Waals surface area contributed by atoms with Gasteiger partial charge in [0.2, 0.25) is 0 Å². The maximum Gasteiger partial charge on any atom is 0.323 e. The summed E-state index contributed by atoms with van der Waals surface area (Å²) in [6.07, 6.45) is 0.971. The number of thioether (sulfide) groups is 1. The molecular formula is C20H18BrNO4S. The summed E-state index contributed by atoms with van der Waals surface area (Å²) in [5.74, 6) is 1.16. The van der Waals surface area contributed by atoms with Crippen molar-refractivity contribution in [2.24, 2.45) is 0 Å². The van der Waals surface area contributed by atoms with E-state index in [1.807, 2.05) is 36.4 Å². The fraction of sp³-hybridized carbons (Fsp3) is 0.300. The highest BCUT2D eigenvalue weighted by molar-refractivity contribution is 9.10. The predicted octanol–water partition coefficient (Wildman–Crippen LogP) is 3.75. The Morgan fingerprint density at radius 3 is 3.04 bits per heavy atom. The van der Waals surface area contributed by atoms with Crippen LogP contribution in [0, 0.1) is 0 Å². The molecule has 7 heteroatoms. The van der Waals surface area contributed by atoms with Crippen molar-refractivity contribution in [3.05, 3.63) is 58.1 Å². The lowest BCUT2D eigenvalue weighted by Crippen LogP contribution is -2.41. The Kier molecular flexibility index (Phi) is 5.41. The van der Waals surface area contributed by atoms with Crippen LogP contribution in [-0.2, 0) is 20.7 Å². The maximum absolute atomic E-state index is 12.6. The predicted molar refractivity (Wildman–Crippen MR) is 108 cm³/mol. The van der Waals surface area contributed by atoms with Crippen molar-refractivity contribution < 1.29 is 19.1 Å². The summed E-state index contributed by atoms with van der Waals surface area (Å²) in [6.45, 7) is 0.445. The number of hydrogen-bond acceptors (Lipinski definition) is 5. The molecular weight excluding hydrogens is 430 g/mol. The van der Waals surface area contributed by atoms with Gasteiger partial charge in [-0.05, 0) is 41.5 Å². The van der Waals surface area contributed by atoms with E-state index in [1.54, 1.807) is 16.7 Å². The summed E-state index contributed by atoms with van der Waals surface area (Å²) in [5.41, 5.74) is 2.94. The number of rotatable bonds is 4. The van der Waals surface area contributed by atoms with Crippen molar-refractivity contribution in [2.45, 2.75) is 11.7 Å². The van der Waals surface area contributed by atoms with Crippen LogP contribution in [0.3, 0.4) is 0 Å². The van der Waals surface area contributed by atoms with E-state index in [4.69, 9.17) is 9.47 Å². The fourth-order valence-corrected chi connectivity index (χ4v) is 4.86. The van der Waals surface area contributed by atoms with Crippen molar-refractivity contribution >= 4 is 45.3 Å². The van der Waals surface area contributed by atoms with E-state index < -0.39 is 0 Å². The Bertz CT molecular complexity index is 888. The van der Waals surface area contributed by atoms with Gasteiger partial charge in [0.05, 0.1) is 12.2 Å². The zero-order valence-corrected chi connectivity index (χ0v) is 16.9. The number of anilines is 1. The molecule has 0 aromatic heterocycles. The van der Waals surface area contributed by atoms with Crippen molar-refractivity contribution in [1.82, 2.24) is 0 Å². The summed E-state index contributed by atoms with van der Waals surface area (Å²) in [7, 11) is 0. The summed E-state index contributed by atoms with van der Waals surface area (Å²) < 4.78 is 11.8. The smallest absolute Gasteiger partial charge is 0.323 e. The molecule has 140 valence electrons. The summed E-state index contributed by atoms with van der Waals surface area (Å²) in [4.78, 5) is 26.5. The highest BCUT2D eigenvalue weighted by Gasteiger charge is 2.29. The fourth-order valence-electron chi connectivity index (χ4n) is 3.32. The first kappa shape index (κ1) is 18.4. The van der Waals surface area contributed by atoms with Crippen LogP contribution in [0.5, 0.6) is 5.75 Å². The SMILES string of the molecule is O=C(OCCN1C(=O)COc2ccc(Br)cc21)[C@@H]1SCCc2ccccc21. The zero-order valence-electron chi connectivity index (χ0n) is 14.5. The normalized spacial score (nSPS) is 18.3. The molecule has 2 aliphatic rings. The molecule has 0 saturated carbocycles. The van der Waals surface area contributed by atoms with Gasteiger partial charge in [-0.15, -0.1) is 11.8 Å². The van der Waals surface area contributed by atoms with Crippen molar-refractivity contribution in [3.8, 4) is 5.75 Å². The Morgan fingerprint density at radius 2 is 2.15 bits per heavy atom. The number of aryl methyl sites for hydroxylation is 1. The zero-order chi connectivity index (χ0) is 18.8. The lowest BCUT2D eigenvalue weighted by molar-refractivity contribution is -0.143. The molecule has 0 saturated heterocycles. The molecule has 5 nitrogen and oxygen atoms in total. The first-order chi connectivity index (χ1) is 13.1. The van der Waals surface area contributed by atoms with Crippen LogP contribution < -0.4 is 9.64 Å². The molecule has 1 atom stereocenters. The molecule has 0 fully saturated rings. The number of carbonyl (C=O) groups is 2. The molecule has 0 radical (unpaired) electrons. The second-order valence-electron chi connectivity index (χ2n) is 6.31. The van der Waals surface area contributed by atoms with Gasteiger partial charge in [-0.3, -0.25) is 9.59 Å². The van der Waals surface area contributed by atoms with Gasteiger partial charge >= 0.3 is 5.97 Å². The number of carbonyl (C=O) groups excluding carboxylic acids is 2. The van der Waals surface area contributed by atoms with E-state index in [2.05, 4.69) is 22.0 Å². The number of halogens is 1. The minimum absolute atomic E-state index is 0.00552. The molecule has 2 heterocycles. The largest absolute Gasteiger partial charge is 0.482 e. The average molecular weight is 448 g/mol. The van der Waals surface area contributed by atoms with Gasteiger partial charge in [-0.1, -0.05) is 40.2 Å².